The third kappa shape index (κ3) is 3.55. The first-order valence-electron chi connectivity index (χ1n) is 9.28. The summed E-state index contributed by atoms with van der Waals surface area (Å²) in [5, 5.41) is 0. The van der Waals surface area contributed by atoms with Gasteiger partial charge in [-0.05, 0) is 44.0 Å². The largest absolute Gasteiger partial charge is 0.383 e. The van der Waals surface area contributed by atoms with E-state index >= 15 is 0 Å². The molecular formula is C20H25N5O. The number of Topliss-reactive ketones (excluding diaryl/α,β-unsaturated/α-hetero) is 1. The van der Waals surface area contributed by atoms with Crippen LogP contribution >= 0.6 is 0 Å². The zero-order valence-corrected chi connectivity index (χ0v) is 15.2. The van der Waals surface area contributed by atoms with Crippen molar-refractivity contribution in [1.29, 1.82) is 0 Å². The molecule has 1 fully saturated rings. The predicted octanol–water partition coefficient (Wildman–Crippen LogP) is 2.09. The molecule has 6 nitrogen and oxygen atoms in total. The summed E-state index contributed by atoms with van der Waals surface area (Å²) in [6.45, 7) is 6.24. The lowest BCUT2D eigenvalue weighted by atomic mass is 10.0. The van der Waals surface area contributed by atoms with Crippen LogP contribution in [0.4, 0.5) is 11.6 Å². The summed E-state index contributed by atoms with van der Waals surface area (Å²) >= 11 is 0. The van der Waals surface area contributed by atoms with Crippen molar-refractivity contribution in [3.8, 4) is 0 Å². The number of carbonyl (C=O) groups is 1. The van der Waals surface area contributed by atoms with Crippen LogP contribution in [0, 0.1) is 6.92 Å². The van der Waals surface area contributed by atoms with Gasteiger partial charge in [-0.1, -0.05) is 24.3 Å². The summed E-state index contributed by atoms with van der Waals surface area (Å²) in [6.07, 6.45) is 2.92. The van der Waals surface area contributed by atoms with Crippen molar-refractivity contribution in [3.63, 3.8) is 0 Å². The number of nitrogens with zero attached hydrogens (tertiary/aromatic N) is 4. The highest BCUT2D eigenvalue weighted by atomic mass is 16.1. The van der Waals surface area contributed by atoms with E-state index in [0.717, 1.165) is 17.9 Å². The maximum Gasteiger partial charge on any atom is 0.156 e. The second-order valence-electron chi connectivity index (χ2n) is 7.33. The lowest BCUT2D eigenvalue weighted by Gasteiger charge is -2.30. The van der Waals surface area contributed by atoms with E-state index in [4.69, 9.17) is 5.73 Å². The minimum absolute atomic E-state index is 0.157. The fourth-order valence-corrected chi connectivity index (χ4v) is 3.95. The summed E-state index contributed by atoms with van der Waals surface area (Å²) in [7, 11) is 0. The van der Waals surface area contributed by atoms with Crippen LogP contribution in [0.3, 0.4) is 0 Å². The van der Waals surface area contributed by atoms with Gasteiger partial charge in [-0.3, -0.25) is 9.69 Å². The Hall–Kier alpha value is -2.47. The molecule has 6 heteroatoms. The topological polar surface area (TPSA) is 75.3 Å². The Balaban J connectivity index is 1.57. The Labute approximate surface area is 154 Å². The van der Waals surface area contributed by atoms with Gasteiger partial charge in [0.15, 0.2) is 5.78 Å². The number of hydrogen-bond acceptors (Lipinski definition) is 6. The van der Waals surface area contributed by atoms with Gasteiger partial charge >= 0.3 is 0 Å². The number of aromatic nitrogens is 2. The zero-order valence-electron chi connectivity index (χ0n) is 15.2. The van der Waals surface area contributed by atoms with Crippen LogP contribution < -0.4 is 10.6 Å². The minimum atomic E-state index is 0.157. The molecule has 0 bridgehead atoms. The van der Waals surface area contributed by atoms with E-state index in [9.17, 15) is 4.79 Å². The molecule has 1 aromatic heterocycles. The van der Waals surface area contributed by atoms with Gasteiger partial charge in [0.1, 0.15) is 17.5 Å². The number of benzene rings is 1. The summed E-state index contributed by atoms with van der Waals surface area (Å²) in [5.74, 6) is 2.03. The molecule has 0 atom stereocenters. The zero-order chi connectivity index (χ0) is 18.1. The van der Waals surface area contributed by atoms with Gasteiger partial charge in [-0.25, -0.2) is 9.97 Å². The molecular weight excluding hydrogens is 326 g/mol. The number of fused-ring (bicyclic) bond motifs is 1. The standard InChI is InChI=1S/C20H25N5O/c1-14-22-19(21)18-10-17(26)13-25(20(18)23-14)12-16-6-4-5-15(9-16)11-24-7-2-3-8-24/h4-6,9H,2-3,7-8,10-13H2,1H3,(H2,21,22,23). The van der Waals surface area contributed by atoms with Crippen LogP contribution in [0.1, 0.15) is 35.4 Å². The molecule has 4 rings (SSSR count). The van der Waals surface area contributed by atoms with E-state index < -0.39 is 0 Å². The number of aryl methyl sites for hydroxylation is 1. The molecule has 1 saturated heterocycles. The molecule has 0 amide bonds. The van der Waals surface area contributed by atoms with Crippen LogP contribution in [0.15, 0.2) is 24.3 Å². The van der Waals surface area contributed by atoms with Crippen molar-refractivity contribution < 1.29 is 4.79 Å². The van der Waals surface area contributed by atoms with Crippen molar-refractivity contribution >= 4 is 17.4 Å². The normalized spacial score (nSPS) is 17.6. The predicted molar refractivity (Wildman–Crippen MR) is 102 cm³/mol. The van der Waals surface area contributed by atoms with Crippen molar-refractivity contribution in [2.45, 2.75) is 39.3 Å². The van der Waals surface area contributed by atoms with Gasteiger partial charge in [0.25, 0.3) is 0 Å². The second-order valence-corrected chi connectivity index (χ2v) is 7.33. The molecule has 0 saturated carbocycles. The molecule has 1 aromatic carbocycles. The number of nitrogens with two attached hydrogens (primary N) is 1. The lowest BCUT2D eigenvalue weighted by molar-refractivity contribution is -0.117. The van der Waals surface area contributed by atoms with Crippen molar-refractivity contribution in [1.82, 2.24) is 14.9 Å². The van der Waals surface area contributed by atoms with E-state index in [1.165, 1.54) is 37.1 Å². The average molecular weight is 351 g/mol. The van der Waals surface area contributed by atoms with Gasteiger partial charge in [-0.2, -0.15) is 0 Å². The summed E-state index contributed by atoms with van der Waals surface area (Å²) < 4.78 is 0. The average Bonchev–Trinajstić information content (AvgIpc) is 3.09. The number of carbonyl (C=O) groups excluding carboxylic acids is 1. The van der Waals surface area contributed by atoms with Gasteiger partial charge in [0.2, 0.25) is 0 Å². The van der Waals surface area contributed by atoms with Gasteiger partial charge < -0.3 is 10.6 Å². The second kappa shape index (κ2) is 7.03. The fourth-order valence-electron chi connectivity index (χ4n) is 3.95. The maximum atomic E-state index is 12.2. The van der Waals surface area contributed by atoms with Crippen LogP contribution in [0.2, 0.25) is 0 Å². The number of likely N-dealkylation sites (tertiary alicyclic amines) is 1. The Morgan fingerprint density at radius 3 is 2.62 bits per heavy atom. The van der Waals surface area contributed by atoms with E-state index in [1.807, 2.05) is 11.8 Å². The first kappa shape index (κ1) is 17.0. The van der Waals surface area contributed by atoms with Gasteiger partial charge in [-0.15, -0.1) is 0 Å². The quantitative estimate of drug-likeness (QED) is 0.909. The molecule has 0 unspecified atom stereocenters. The smallest absolute Gasteiger partial charge is 0.156 e. The molecule has 2 aliphatic rings. The minimum Gasteiger partial charge on any atom is -0.383 e. The first-order valence-corrected chi connectivity index (χ1v) is 9.28. The Bertz CT molecular complexity index is 829. The molecule has 0 aliphatic carbocycles. The van der Waals surface area contributed by atoms with Crippen LogP contribution in [-0.4, -0.2) is 40.3 Å². The molecule has 2 N–H and O–H groups in total. The summed E-state index contributed by atoms with van der Waals surface area (Å²) in [6, 6.07) is 8.65. The van der Waals surface area contributed by atoms with Gasteiger partial charge in [0, 0.05) is 25.1 Å². The molecule has 136 valence electrons. The van der Waals surface area contributed by atoms with Crippen molar-refractivity contribution in [3.05, 3.63) is 46.8 Å². The van der Waals surface area contributed by atoms with Crippen molar-refractivity contribution in [2.24, 2.45) is 0 Å². The number of nitrogen functional groups attached to an aromatic ring is 1. The van der Waals surface area contributed by atoms with Gasteiger partial charge in [0.05, 0.1) is 6.54 Å². The number of anilines is 2. The molecule has 0 spiro atoms. The van der Waals surface area contributed by atoms with Crippen LogP contribution in [0.25, 0.3) is 0 Å². The van der Waals surface area contributed by atoms with E-state index in [-0.39, 0.29) is 5.78 Å². The molecule has 2 aromatic rings. The maximum absolute atomic E-state index is 12.2. The molecule has 26 heavy (non-hydrogen) atoms. The van der Waals surface area contributed by atoms with Crippen LogP contribution in [0.5, 0.6) is 0 Å². The summed E-state index contributed by atoms with van der Waals surface area (Å²) in [5.41, 5.74) is 9.32. The highest BCUT2D eigenvalue weighted by molar-refractivity contribution is 5.91. The molecule has 0 radical (unpaired) electrons. The van der Waals surface area contributed by atoms with E-state index in [1.54, 1.807) is 0 Å². The number of ketones is 1. The first-order chi connectivity index (χ1) is 12.6. The summed E-state index contributed by atoms with van der Waals surface area (Å²) in [4.78, 5) is 25.5. The highest BCUT2D eigenvalue weighted by Gasteiger charge is 2.26. The fraction of sp³-hybridized carbons (Fsp3) is 0.450. The number of hydrogen-bond donors (Lipinski definition) is 1. The third-order valence-corrected chi connectivity index (χ3v) is 5.14. The Morgan fingerprint density at radius 1 is 1.12 bits per heavy atom. The van der Waals surface area contributed by atoms with Crippen LogP contribution in [-0.2, 0) is 24.3 Å². The Morgan fingerprint density at radius 2 is 1.85 bits per heavy atom. The molecule has 2 aliphatic heterocycles. The third-order valence-electron chi connectivity index (χ3n) is 5.14. The molecule has 3 heterocycles. The van der Waals surface area contributed by atoms with E-state index in [0.29, 0.717) is 31.2 Å². The lowest BCUT2D eigenvalue weighted by Crippen LogP contribution is -2.37. The Kier molecular flexibility index (Phi) is 4.59. The monoisotopic (exact) mass is 351 g/mol. The van der Waals surface area contributed by atoms with Crippen molar-refractivity contribution in [2.75, 3.05) is 30.3 Å². The highest BCUT2D eigenvalue weighted by Crippen LogP contribution is 2.29. The number of rotatable bonds is 4. The SMILES string of the molecule is Cc1nc(N)c2c(n1)N(Cc1cccc(CN3CCCC3)c1)CC(=O)C2. The van der Waals surface area contributed by atoms with E-state index in [2.05, 4.69) is 39.1 Å².